The van der Waals surface area contributed by atoms with E-state index in [0.29, 0.717) is 0 Å². The van der Waals surface area contributed by atoms with Crippen LogP contribution in [0.4, 0.5) is 0 Å². The van der Waals surface area contributed by atoms with Crippen LogP contribution in [0.15, 0.2) is 21.8 Å². The fourth-order valence-electron chi connectivity index (χ4n) is 0.447. The first-order chi connectivity index (χ1) is 2.89. The Morgan fingerprint density at radius 3 is 2.67 bits per heavy atom. The van der Waals surface area contributed by atoms with Gasteiger partial charge in [0.05, 0.1) is 0 Å². The van der Waals surface area contributed by atoms with Crippen molar-refractivity contribution in [2.45, 2.75) is 6.42 Å². The molecule has 1 heteroatoms. The minimum absolute atomic E-state index is 1.21. The summed E-state index contributed by atoms with van der Waals surface area (Å²) in [6.45, 7) is 0. The molecule has 0 fully saturated rings. The van der Waals surface area contributed by atoms with E-state index < -0.39 is 0 Å². The van der Waals surface area contributed by atoms with Crippen molar-refractivity contribution in [1.29, 1.82) is 0 Å². The maximum absolute atomic E-state index is 2.18. The second kappa shape index (κ2) is 1.82. The van der Waals surface area contributed by atoms with Crippen LogP contribution in [0.2, 0.25) is 0 Å². The molecule has 1 aliphatic rings. The van der Waals surface area contributed by atoms with Crippen molar-refractivity contribution in [3.05, 3.63) is 21.8 Å². The van der Waals surface area contributed by atoms with Gasteiger partial charge in [0, 0.05) is 0 Å². The molecule has 1 rings (SSSR count). The summed E-state index contributed by atoms with van der Waals surface area (Å²) < 4.78 is 1.56. The Morgan fingerprint density at radius 2 is 2.50 bits per heavy atom. The molecule has 0 bridgehead atoms. The quantitative estimate of drug-likeness (QED) is 0.492. The van der Waals surface area contributed by atoms with Crippen molar-refractivity contribution in [3.8, 4) is 0 Å². The van der Waals surface area contributed by atoms with Gasteiger partial charge in [-0.05, 0) is 0 Å². The topological polar surface area (TPSA) is 0 Å². The van der Waals surface area contributed by atoms with Crippen LogP contribution in [-0.4, -0.2) is 22.5 Å². The van der Waals surface area contributed by atoms with E-state index in [1.165, 1.54) is 6.42 Å². The number of hydrogen-bond donors (Lipinski definition) is 0. The molecule has 3 radical (unpaired) electrons. The van der Waals surface area contributed by atoms with Crippen LogP contribution < -0.4 is 0 Å². The van der Waals surface area contributed by atoms with Crippen LogP contribution >= 0.6 is 0 Å². The van der Waals surface area contributed by atoms with E-state index in [1.807, 2.05) is 0 Å². The minimum atomic E-state index is 1.21. The number of rotatable bonds is 0. The van der Waals surface area contributed by atoms with E-state index in [1.54, 1.807) is 26.1 Å². The molecule has 6 heavy (non-hydrogen) atoms. The first-order valence-corrected chi connectivity index (χ1v) is 3.39. The Morgan fingerprint density at radius 1 is 1.67 bits per heavy atom. The van der Waals surface area contributed by atoms with Crippen LogP contribution in [0.5, 0.6) is 0 Å². The van der Waals surface area contributed by atoms with Crippen LogP contribution in [-0.2, 0) is 0 Å². The fourth-order valence-corrected chi connectivity index (χ4v) is 1.06. The summed E-state index contributed by atoms with van der Waals surface area (Å²) in [7, 11) is 0. The van der Waals surface area contributed by atoms with E-state index in [2.05, 4.69) is 18.2 Å². The van der Waals surface area contributed by atoms with Crippen molar-refractivity contribution in [3.63, 3.8) is 0 Å². The predicted octanol–water partition coefficient (Wildman–Crippen LogP) is 0.999. The molecule has 1 aliphatic carbocycles. The molecule has 0 saturated heterocycles. The van der Waals surface area contributed by atoms with Crippen LogP contribution in [0.3, 0.4) is 0 Å². The molecule has 0 aromatic heterocycles. The normalized spacial score (nSPS) is 18.5. The third-order valence-electron chi connectivity index (χ3n) is 0.771. The molecule has 0 heterocycles. The van der Waals surface area contributed by atoms with Crippen LogP contribution in [0.25, 0.3) is 0 Å². The van der Waals surface area contributed by atoms with Gasteiger partial charge in [-0.2, -0.15) is 0 Å². The molecule has 0 nitrogen and oxygen atoms in total. The third kappa shape index (κ3) is 0.868. The predicted molar refractivity (Wildman–Crippen MR) is 27.6 cm³/mol. The molecule has 0 saturated carbocycles. The Hall–Kier alpha value is 0.279. The van der Waals surface area contributed by atoms with Gasteiger partial charge < -0.3 is 0 Å². The maximum atomic E-state index is 2.18. The summed E-state index contributed by atoms with van der Waals surface area (Å²) in [5.74, 6) is 0. The van der Waals surface area contributed by atoms with Gasteiger partial charge in [0.1, 0.15) is 0 Å². The number of hydrogen-bond acceptors (Lipinski definition) is 0. The van der Waals surface area contributed by atoms with Gasteiger partial charge in [0.2, 0.25) is 0 Å². The van der Waals surface area contributed by atoms with Gasteiger partial charge in [0.15, 0.2) is 0 Å². The molecule has 0 amide bonds. The fraction of sp³-hybridized carbons (Fsp3) is 0.200. The second-order valence-corrected chi connectivity index (χ2v) is 3.16. The zero-order chi connectivity index (χ0) is 4.41. The molecule has 0 aromatic carbocycles. The summed E-state index contributed by atoms with van der Waals surface area (Å²) >= 11 is 1.56. The van der Waals surface area contributed by atoms with E-state index >= 15 is 0 Å². The molecular formula is C5H5Sn. The molecule has 0 atom stereocenters. The summed E-state index contributed by atoms with van der Waals surface area (Å²) in [5.41, 5.74) is 0. The Labute approximate surface area is 51.0 Å². The molecule has 0 unspecified atom stereocenters. The van der Waals surface area contributed by atoms with Gasteiger partial charge >= 0.3 is 50.8 Å². The van der Waals surface area contributed by atoms with Gasteiger partial charge in [-0.25, -0.2) is 0 Å². The Bertz CT molecular complexity index is 101. The third-order valence-corrected chi connectivity index (χ3v) is 1.83. The summed E-state index contributed by atoms with van der Waals surface area (Å²) in [5, 5.41) is 0. The van der Waals surface area contributed by atoms with Gasteiger partial charge in [0.25, 0.3) is 0 Å². The van der Waals surface area contributed by atoms with Crippen molar-refractivity contribution >= 4 is 22.5 Å². The summed E-state index contributed by atoms with van der Waals surface area (Å²) in [6.07, 6.45) is 7.69. The number of allylic oxidation sites excluding steroid dienone is 4. The van der Waals surface area contributed by atoms with Gasteiger partial charge in [-0.15, -0.1) is 0 Å². The zero-order valence-corrected chi connectivity index (χ0v) is 6.29. The van der Waals surface area contributed by atoms with E-state index in [-0.39, 0.29) is 0 Å². The van der Waals surface area contributed by atoms with Crippen molar-refractivity contribution in [2.24, 2.45) is 0 Å². The first-order valence-electron chi connectivity index (χ1n) is 1.97. The van der Waals surface area contributed by atoms with Crippen LogP contribution in [0.1, 0.15) is 6.42 Å². The molecule has 0 spiro atoms. The SMILES string of the molecule is [Sn][C]1=CC=CC1. The molecule has 0 aromatic rings. The Kier molecular flexibility index (Phi) is 1.35. The average molecular weight is 184 g/mol. The van der Waals surface area contributed by atoms with Crippen molar-refractivity contribution < 1.29 is 0 Å². The van der Waals surface area contributed by atoms with Crippen molar-refractivity contribution in [1.82, 2.24) is 0 Å². The average Bonchev–Trinajstić information content (AvgIpc) is 1.86. The Balaban J connectivity index is 2.61. The van der Waals surface area contributed by atoms with Crippen molar-refractivity contribution in [2.75, 3.05) is 0 Å². The van der Waals surface area contributed by atoms with Crippen LogP contribution in [0, 0.1) is 0 Å². The molecular weight excluding hydrogens is 179 g/mol. The molecule has 0 aliphatic heterocycles. The monoisotopic (exact) mass is 185 g/mol. The molecule has 0 N–H and O–H groups in total. The van der Waals surface area contributed by atoms with Gasteiger partial charge in [-0.3, -0.25) is 0 Å². The summed E-state index contributed by atoms with van der Waals surface area (Å²) in [4.78, 5) is 0. The standard InChI is InChI=1S/C5H5.Sn/c1-2-4-5-3-1;/h1-3H,4H2;. The van der Waals surface area contributed by atoms with Gasteiger partial charge in [-0.1, -0.05) is 0 Å². The van der Waals surface area contributed by atoms with E-state index in [4.69, 9.17) is 0 Å². The first kappa shape index (κ1) is 4.44. The zero-order valence-electron chi connectivity index (χ0n) is 3.44. The molecule has 29 valence electrons. The van der Waals surface area contributed by atoms with E-state index in [9.17, 15) is 0 Å². The second-order valence-electron chi connectivity index (χ2n) is 1.32. The summed E-state index contributed by atoms with van der Waals surface area (Å²) in [6, 6.07) is 0. The van der Waals surface area contributed by atoms with E-state index in [0.717, 1.165) is 0 Å².